The smallest absolute Gasteiger partial charge is 0.272 e. The second-order valence-corrected chi connectivity index (χ2v) is 6.64. The number of nitrogen functional groups attached to an aromatic ring is 1. The van der Waals surface area contributed by atoms with E-state index >= 15 is 0 Å². The molecule has 9 heteroatoms. The fourth-order valence-corrected chi connectivity index (χ4v) is 3.60. The zero-order valence-corrected chi connectivity index (χ0v) is 17.1. The van der Waals surface area contributed by atoms with Crippen molar-refractivity contribution in [2.24, 2.45) is 5.73 Å². The highest BCUT2D eigenvalue weighted by atomic mass is 16.5. The first-order valence-electron chi connectivity index (χ1n) is 9.13. The summed E-state index contributed by atoms with van der Waals surface area (Å²) in [6, 6.07) is 3.74. The minimum Gasteiger partial charge on any atom is -0.496 e. The highest BCUT2D eigenvalue weighted by molar-refractivity contribution is 6.15. The van der Waals surface area contributed by atoms with Crippen molar-refractivity contribution in [3.8, 4) is 16.9 Å². The average molecular weight is 396 g/mol. The Hall–Kier alpha value is -3.62. The number of pyridine rings is 1. The van der Waals surface area contributed by atoms with E-state index in [1.807, 2.05) is 32.9 Å². The third kappa shape index (κ3) is 3.04. The van der Waals surface area contributed by atoms with E-state index in [-0.39, 0.29) is 23.0 Å². The van der Waals surface area contributed by atoms with Crippen LogP contribution in [0.3, 0.4) is 0 Å². The van der Waals surface area contributed by atoms with Crippen LogP contribution in [-0.2, 0) is 6.54 Å². The number of ether oxygens (including phenoxy) is 1. The molecule has 0 saturated carbocycles. The van der Waals surface area contributed by atoms with Crippen LogP contribution in [0.4, 0.5) is 5.69 Å². The van der Waals surface area contributed by atoms with Crippen molar-refractivity contribution in [1.29, 1.82) is 0 Å². The van der Waals surface area contributed by atoms with Crippen molar-refractivity contribution in [2.75, 3.05) is 19.9 Å². The number of nitrogens with zero attached hydrogens (tertiary/aromatic N) is 3. The number of rotatable bonds is 5. The molecule has 152 valence electrons. The second-order valence-electron chi connectivity index (χ2n) is 6.64. The number of carbonyl (C=O) groups is 2. The Kier molecular flexibility index (Phi) is 5.15. The summed E-state index contributed by atoms with van der Waals surface area (Å²) in [4.78, 5) is 29.0. The lowest BCUT2D eigenvalue weighted by atomic mass is 9.91. The zero-order valence-electron chi connectivity index (χ0n) is 17.1. The predicted molar refractivity (Wildman–Crippen MR) is 111 cm³/mol. The molecule has 5 N–H and O–H groups in total. The van der Waals surface area contributed by atoms with E-state index in [2.05, 4.69) is 15.4 Å². The van der Waals surface area contributed by atoms with Gasteiger partial charge in [0, 0.05) is 19.2 Å². The van der Waals surface area contributed by atoms with Crippen molar-refractivity contribution in [3.05, 3.63) is 34.6 Å². The quantitative estimate of drug-likeness (QED) is 0.601. The molecule has 2 amide bonds. The lowest BCUT2D eigenvalue weighted by Crippen LogP contribution is -2.20. The largest absolute Gasteiger partial charge is 0.496 e. The SMILES string of the molecule is CCn1nc(C(=O)NC)c2c(-c3c(C)ccc(OC)c3C)c(N)c(C(N)=O)nc21. The summed E-state index contributed by atoms with van der Waals surface area (Å²) in [5.74, 6) is -0.483. The number of fused-ring (bicyclic) bond motifs is 1. The van der Waals surface area contributed by atoms with Crippen molar-refractivity contribution in [2.45, 2.75) is 27.3 Å². The molecular weight excluding hydrogens is 372 g/mol. The fraction of sp³-hybridized carbons (Fsp3) is 0.300. The van der Waals surface area contributed by atoms with E-state index in [0.29, 0.717) is 28.9 Å². The average Bonchev–Trinajstić information content (AvgIpc) is 3.06. The number of aromatic nitrogens is 3. The van der Waals surface area contributed by atoms with E-state index in [9.17, 15) is 9.59 Å². The first kappa shape index (κ1) is 20.1. The summed E-state index contributed by atoms with van der Waals surface area (Å²) in [6.07, 6.45) is 0. The van der Waals surface area contributed by atoms with Gasteiger partial charge in [0.2, 0.25) is 0 Å². The Bertz CT molecular complexity index is 1150. The van der Waals surface area contributed by atoms with Crippen LogP contribution in [0.15, 0.2) is 12.1 Å². The molecule has 1 aromatic carbocycles. The monoisotopic (exact) mass is 396 g/mol. The molecule has 0 atom stereocenters. The van der Waals surface area contributed by atoms with Crippen LogP contribution in [0.25, 0.3) is 22.2 Å². The Morgan fingerprint density at radius 2 is 1.90 bits per heavy atom. The van der Waals surface area contributed by atoms with E-state index < -0.39 is 5.91 Å². The molecule has 0 unspecified atom stereocenters. The summed E-state index contributed by atoms with van der Waals surface area (Å²) < 4.78 is 7.02. The van der Waals surface area contributed by atoms with Gasteiger partial charge in [-0.3, -0.25) is 9.59 Å². The number of carbonyl (C=O) groups excluding carboxylic acids is 2. The van der Waals surface area contributed by atoms with Gasteiger partial charge in [0.25, 0.3) is 11.8 Å². The minimum absolute atomic E-state index is 0.0628. The van der Waals surface area contributed by atoms with Gasteiger partial charge in [-0.25, -0.2) is 9.67 Å². The molecule has 2 aromatic heterocycles. The molecule has 3 aromatic rings. The maximum Gasteiger partial charge on any atom is 0.272 e. The third-order valence-corrected chi connectivity index (χ3v) is 4.99. The molecule has 0 aliphatic carbocycles. The van der Waals surface area contributed by atoms with Gasteiger partial charge in [-0.15, -0.1) is 0 Å². The second kappa shape index (κ2) is 7.42. The number of primary amides is 1. The molecular formula is C20H24N6O3. The topological polar surface area (TPSA) is 138 Å². The Balaban J connectivity index is 2.61. The number of methoxy groups -OCH3 is 1. The summed E-state index contributed by atoms with van der Waals surface area (Å²) in [7, 11) is 3.10. The van der Waals surface area contributed by atoms with Gasteiger partial charge >= 0.3 is 0 Å². The summed E-state index contributed by atoms with van der Waals surface area (Å²) >= 11 is 0. The van der Waals surface area contributed by atoms with E-state index in [4.69, 9.17) is 16.2 Å². The van der Waals surface area contributed by atoms with Crippen LogP contribution in [-0.4, -0.2) is 40.7 Å². The van der Waals surface area contributed by atoms with Gasteiger partial charge in [0.1, 0.15) is 5.75 Å². The number of amides is 2. The molecule has 2 heterocycles. The maximum absolute atomic E-state index is 12.6. The summed E-state index contributed by atoms with van der Waals surface area (Å²) in [6.45, 7) is 6.11. The number of benzene rings is 1. The van der Waals surface area contributed by atoms with Crippen LogP contribution in [0.1, 0.15) is 39.0 Å². The van der Waals surface area contributed by atoms with E-state index in [0.717, 1.165) is 16.7 Å². The van der Waals surface area contributed by atoms with Gasteiger partial charge in [0.15, 0.2) is 17.0 Å². The zero-order chi connectivity index (χ0) is 21.5. The molecule has 3 rings (SSSR count). The maximum atomic E-state index is 12.6. The predicted octanol–water partition coefficient (Wildman–Crippen LogP) is 1.78. The van der Waals surface area contributed by atoms with Crippen molar-refractivity contribution in [1.82, 2.24) is 20.1 Å². The van der Waals surface area contributed by atoms with Crippen molar-refractivity contribution >= 4 is 28.5 Å². The molecule has 0 radical (unpaired) electrons. The number of aryl methyl sites for hydroxylation is 2. The highest BCUT2D eigenvalue weighted by Gasteiger charge is 2.28. The van der Waals surface area contributed by atoms with Crippen LogP contribution in [0.5, 0.6) is 5.75 Å². The number of hydrogen-bond acceptors (Lipinski definition) is 6. The van der Waals surface area contributed by atoms with Crippen molar-refractivity contribution < 1.29 is 14.3 Å². The lowest BCUT2D eigenvalue weighted by molar-refractivity contribution is 0.0957. The Morgan fingerprint density at radius 3 is 2.45 bits per heavy atom. The first-order valence-corrected chi connectivity index (χ1v) is 9.13. The number of anilines is 1. The molecule has 0 bridgehead atoms. The van der Waals surface area contributed by atoms with E-state index in [1.54, 1.807) is 11.8 Å². The molecule has 29 heavy (non-hydrogen) atoms. The standard InChI is InChI=1S/C20H24N6O3/c1-6-26-19-14(16(25-26)20(28)23-4)13(15(21)17(24-19)18(22)27)12-9(2)7-8-11(29-5)10(12)3/h7-8H,6,21H2,1-5H3,(H2,22,27)(H,23,28). The first-order chi connectivity index (χ1) is 13.8. The van der Waals surface area contributed by atoms with Crippen LogP contribution < -0.4 is 21.5 Å². The van der Waals surface area contributed by atoms with E-state index in [1.165, 1.54) is 7.05 Å². The van der Waals surface area contributed by atoms with Crippen LogP contribution in [0, 0.1) is 13.8 Å². The fourth-order valence-electron chi connectivity index (χ4n) is 3.60. The molecule has 0 aliphatic heterocycles. The normalized spacial score (nSPS) is 10.9. The highest BCUT2D eigenvalue weighted by Crippen LogP contribution is 2.42. The third-order valence-electron chi connectivity index (χ3n) is 4.99. The summed E-state index contributed by atoms with van der Waals surface area (Å²) in [5, 5.41) is 7.48. The van der Waals surface area contributed by atoms with Crippen LogP contribution >= 0.6 is 0 Å². The van der Waals surface area contributed by atoms with Gasteiger partial charge in [-0.05, 0) is 43.5 Å². The summed E-state index contributed by atoms with van der Waals surface area (Å²) in [5.41, 5.74) is 15.5. The lowest BCUT2D eigenvalue weighted by Gasteiger charge is -2.18. The molecule has 0 aliphatic rings. The minimum atomic E-state index is -0.755. The molecule has 0 saturated heterocycles. The van der Waals surface area contributed by atoms with Gasteiger partial charge in [0.05, 0.1) is 18.2 Å². The van der Waals surface area contributed by atoms with Gasteiger partial charge < -0.3 is 21.5 Å². The van der Waals surface area contributed by atoms with Gasteiger partial charge in [-0.1, -0.05) is 6.07 Å². The Labute approximate surface area is 168 Å². The number of hydrogen-bond donors (Lipinski definition) is 3. The number of nitrogens with two attached hydrogens (primary N) is 2. The Morgan fingerprint density at radius 1 is 1.21 bits per heavy atom. The number of nitrogens with one attached hydrogen (secondary N) is 1. The molecule has 0 fully saturated rings. The molecule has 0 spiro atoms. The van der Waals surface area contributed by atoms with Crippen molar-refractivity contribution in [3.63, 3.8) is 0 Å². The molecule has 9 nitrogen and oxygen atoms in total. The van der Waals surface area contributed by atoms with Crippen LogP contribution in [0.2, 0.25) is 0 Å². The van der Waals surface area contributed by atoms with Gasteiger partial charge in [-0.2, -0.15) is 5.10 Å².